The van der Waals surface area contributed by atoms with E-state index >= 15 is 0 Å². The molecule has 0 unspecified atom stereocenters. The molecule has 3 aromatic carbocycles. The van der Waals surface area contributed by atoms with Crippen LogP contribution in [0.15, 0.2) is 66.7 Å². The van der Waals surface area contributed by atoms with Crippen LogP contribution in [0.25, 0.3) is 11.1 Å². The van der Waals surface area contributed by atoms with E-state index in [-0.39, 0.29) is 22.0 Å². The lowest BCUT2D eigenvalue weighted by molar-refractivity contribution is -0.142. The van der Waals surface area contributed by atoms with Gasteiger partial charge in [-0.1, -0.05) is 71.7 Å². The summed E-state index contributed by atoms with van der Waals surface area (Å²) in [4.78, 5) is 25.0. The molecule has 1 atom stereocenters. The van der Waals surface area contributed by atoms with Crippen LogP contribution in [-0.4, -0.2) is 32.1 Å². The van der Waals surface area contributed by atoms with E-state index in [2.05, 4.69) is 5.32 Å². The minimum Gasteiger partial charge on any atom is -0.496 e. The SMILES string of the molecule is COC(=O)[C@@H](Cc1ccc(-c2ccccc2OC)cc1)NC(=O)c1c(Cl)cccc1Cl. The highest BCUT2D eigenvalue weighted by Crippen LogP contribution is 2.30. The van der Waals surface area contributed by atoms with Crippen molar-refractivity contribution in [3.05, 3.63) is 87.9 Å². The molecule has 0 saturated heterocycles. The van der Waals surface area contributed by atoms with Crippen LogP contribution in [0.2, 0.25) is 10.0 Å². The van der Waals surface area contributed by atoms with Gasteiger partial charge in [0.1, 0.15) is 11.8 Å². The Balaban J connectivity index is 1.80. The molecule has 7 heteroatoms. The second-order valence-electron chi connectivity index (χ2n) is 6.75. The van der Waals surface area contributed by atoms with Gasteiger partial charge in [-0.25, -0.2) is 4.79 Å². The molecule has 31 heavy (non-hydrogen) atoms. The number of hydrogen-bond donors (Lipinski definition) is 1. The molecule has 0 fully saturated rings. The van der Waals surface area contributed by atoms with Crippen molar-refractivity contribution in [2.24, 2.45) is 0 Å². The van der Waals surface area contributed by atoms with Crippen LogP contribution in [0.1, 0.15) is 15.9 Å². The number of halogens is 2. The molecule has 0 heterocycles. The van der Waals surface area contributed by atoms with Crippen molar-refractivity contribution in [3.63, 3.8) is 0 Å². The van der Waals surface area contributed by atoms with Crippen LogP contribution in [0.4, 0.5) is 0 Å². The maximum atomic E-state index is 12.7. The lowest BCUT2D eigenvalue weighted by Crippen LogP contribution is -2.43. The second kappa shape index (κ2) is 10.3. The molecular weight excluding hydrogens is 437 g/mol. The van der Waals surface area contributed by atoms with Crippen LogP contribution in [0.3, 0.4) is 0 Å². The van der Waals surface area contributed by atoms with E-state index in [4.69, 9.17) is 32.7 Å². The molecule has 0 bridgehead atoms. The van der Waals surface area contributed by atoms with E-state index in [9.17, 15) is 9.59 Å². The van der Waals surface area contributed by atoms with Crippen LogP contribution in [0.5, 0.6) is 5.75 Å². The average molecular weight is 458 g/mol. The van der Waals surface area contributed by atoms with E-state index < -0.39 is 17.9 Å². The Labute approximate surface area is 190 Å². The first-order valence-electron chi connectivity index (χ1n) is 9.49. The minimum atomic E-state index is -0.901. The van der Waals surface area contributed by atoms with Gasteiger partial charge in [-0.2, -0.15) is 0 Å². The first kappa shape index (κ1) is 22.7. The molecule has 3 rings (SSSR count). The minimum absolute atomic E-state index is 0.117. The molecule has 0 aliphatic rings. The van der Waals surface area contributed by atoms with Crippen LogP contribution in [0, 0.1) is 0 Å². The van der Waals surface area contributed by atoms with Gasteiger partial charge >= 0.3 is 5.97 Å². The van der Waals surface area contributed by atoms with Crippen molar-refractivity contribution in [2.75, 3.05) is 14.2 Å². The van der Waals surface area contributed by atoms with Crippen molar-refractivity contribution in [1.82, 2.24) is 5.32 Å². The second-order valence-corrected chi connectivity index (χ2v) is 7.56. The first-order chi connectivity index (χ1) is 14.9. The Bertz CT molecular complexity index is 1060. The molecule has 0 radical (unpaired) electrons. The third kappa shape index (κ3) is 5.37. The van der Waals surface area contributed by atoms with Crippen molar-refractivity contribution in [3.8, 4) is 16.9 Å². The topological polar surface area (TPSA) is 64.6 Å². The summed E-state index contributed by atoms with van der Waals surface area (Å²) in [6, 6.07) is 19.2. The summed E-state index contributed by atoms with van der Waals surface area (Å²) in [5.41, 5.74) is 2.90. The van der Waals surface area contributed by atoms with Crippen molar-refractivity contribution < 1.29 is 19.1 Å². The van der Waals surface area contributed by atoms with Gasteiger partial charge in [-0.05, 0) is 29.3 Å². The smallest absolute Gasteiger partial charge is 0.328 e. The number of nitrogens with one attached hydrogen (secondary N) is 1. The fraction of sp³-hybridized carbons (Fsp3) is 0.167. The number of para-hydroxylation sites is 1. The van der Waals surface area contributed by atoms with Gasteiger partial charge in [0.05, 0.1) is 29.8 Å². The van der Waals surface area contributed by atoms with Crippen LogP contribution >= 0.6 is 23.2 Å². The zero-order chi connectivity index (χ0) is 22.4. The fourth-order valence-corrected chi connectivity index (χ4v) is 3.79. The van der Waals surface area contributed by atoms with Crippen molar-refractivity contribution in [1.29, 1.82) is 0 Å². The number of esters is 1. The van der Waals surface area contributed by atoms with Gasteiger partial charge < -0.3 is 14.8 Å². The van der Waals surface area contributed by atoms with Gasteiger partial charge in [-0.15, -0.1) is 0 Å². The van der Waals surface area contributed by atoms with Crippen molar-refractivity contribution in [2.45, 2.75) is 12.5 Å². The monoisotopic (exact) mass is 457 g/mol. The molecule has 0 aliphatic carbocycles. The normalized spacial score (nSPS) is 11.5. The number of hydrogen-bond acceptors (Lipinski definition) is 4. The highest BCUT2D eigenvalue weighted by molar-refractivity contribution is 6.39. The third-order valence-corrected chi connectivity index (χ3v) is 5.42. The van der Waals surface area contributed by atoms with Crippen LogP contribution in [-0.2, 0) is 16.0 Å². The number of benzene rings is 3. The molecule has 5 nitrogen and oxygen atoms in total. The molecule has 0 spiro atoms. The molecule has 1 amide bonds. The Kier molecular flexibility index (Phi) is 7.55. The zero-order valence-electron chi connectivity index (χ0n) is 17.0. The average Bonchev–Trinajstić information content (AvgIpc) is 2.78. The summed E-state index contributed by atoms with van der Waals surface area (Å²) >= 11 is 12.2. The standard InChI is InChI=1S/C24H21Cl2NO4/c1-30-21-9-4-3-6-17(21)16-12-10-15(11-13-16)14-20(24(29)31-2)27-23(28)22-18(25)7-5-8-19(22)26/h3-13,20H,14H2,1-2H3,(H,27,28)/t20-/m1/s1. The van der Waals surface area contributed by atoms with E-state index in [0.29, 0.717) is 0 Å². The summed E-state index contributed by atoms with van der Waals surface area (Å²) in [5, 5.41) is 3.08. The quantitative estimate of drug-likeness (QED) is 0.496. The number of rotatable bonds is 7. The summed E-state index contributed by atoms with van der Waals surface area (Å²) in [6.07, 6.45) is 0.243. The molecule has 0 saturated carbocycles. The molecular formula is C24H21Cl2NO4. The Morgan fingerprint density at radius 1 is 0.903 bits per heavy atom. The predicted molar refractivity (Wildman–Crippen MR) is 122 cm³/mol. The van der Waals surface area contributed by atoms with Gasteiger partial charge in [0, 0.05) is 12.0 Å². The van der Waals surface area contributed by atoms with E-state index in [1.807, 2.05) is 48.5 Å². The highest BCUT2D eigenvalue weighted by Gasteiger charge is 2.25. The van der Waals surface area contributed by atoms with E-state index in [0.717, 1.165) is 22.4 Å². The summed E-state index contributed by atoms with van der Waals surface area (Å²) < 4.78 is 10.3. The zero-order valence-corrected chi connectivity index (χ0v) is 18.5. The number of amides is 1. The molecule has 0 aliphatic heterocycles. The third-order valence-electron chi connectivity index (χ3n) is 4.79. The molecule has 160 valence electrons. The number of ether oxygens (including phenoxy) is 2. The molecule has 1 N–H and O–H groups in total. The van der Waals surface area contributed by atoms with E-state index in [1.165, 1.54) is 7.11 Å². The van der Waals surface area contributed by atoms with Gasteiger partial charge in [0.15, 0.2) is 0 Å². The lowest BCUT2D eigenvalue weighted by atomic mass is 10.00. The molecule has 3 aromatic rings. The maximum absolute atomic E-state index is 12.7. The van der Waals surface area contributed by atoms with Crippen molar-refractivity contribution >= 4 is 35.1 Å². The summed E-state index contributed by atoms with van der Waals surface area (Å²) in [6.45, 7) is 0. The number of methoxy groups -OCH3 is 2. The first-order valence-corrected chi connectivity index (χ1v) is 10.2. The Morgan fingerprint density at radius 3 is 2.16 bits per heavy atom. The largest absolute Gasteiger partial charge is 0.496 e. The fourth-order valence-electron chi connectivity index (χ4n) is 3.22. The number of carbonyl (C=O) groups is 2. The predicted octanol–water partition coefficient (Wildman–Crippen LogP) is 5.18. The Morgan fingerprint density at radius 2 is 1.55 bits per heavy atom. The van der Waals surface area contributed by atoms with Gasteiger partial charge in [0.25, 0.3) is 5.91 Å². The molecule has 0 aromatic heterocycles. The number of carbonyl (C=O) groups excluding carboxylic acids is 2. The van der Waals surface area contributed by atoms with Gasteiger partial charge in [-0.3, -0.25) is 4.79 Å². The highest BCUT2D eigenvalue weighted by atomic mass is 35.5. The maximum Gasteiger partial charge on any atom is 0.328 e. The van der Waals surface area contributed by atoms with Crippen LogP contribution < -0.4 is 10.1 Å². The van der Waals surface area contributed by atoms with Gasteiger partial charge in [0.2, 0.25) is 0 Å². The Hall–Kier alpha value is -3.02. The lowest BCUT2D eigenvalue weighted by Gasteiger charge is -2.18. The summed E-state index contributed by atoms with van der Waals surface area (Å²) in [5.74, 6) is -0.339. The summed E-state index contributed by atoms with van der Waals surface area (Å²) in [7, 11) is 2.90. The van der Waals surface area contributed by atoms with E-state index in [1.54, 1.807) is 25.3 Å².